The molecule has 17 nitrogen and oxygen atoms in total. The minimum Gasteiger partial charge on any atom is -0.494 e. The van der Waals surface area contributed by atoms with Crippen LogP contribution >= 0.6 is 46.4 Å². The molecule has 1 unspecified atom stereocenters. The molecule has 0 saturated carbocycles. The number of benzene rings is 2. The van der Waals surface area contributed by atoms with Gasteiger partial charge in [-0.3, -0.25) is 14.5 Å². The van der Waals surface area contributed by atoms with Gasteiger partial charge in [-0.15, -0.1) is 5.10 Å². The van der Waals surface area contributed by atoms with Crippen LogP contribution in [0, 0.1) is 12.8 Å². The number of carboxylic acids is 2. The third-order valence-corrected chi connectivity index (χ3v) is 9.90. The topological polar surface area (TPSA) is 233 Å². The van der Waals surface area contributed by atoms with Gasteiger partial charge >= 0.3 is 24.2 Å². The number of methoxy groups -OCH3 is 2. The van der Waals surface area contributed by atoms with Crippen LogP contribution in [0.3, 0.4) is 0 Å². The Bertz CT molecular complexity index is 2450. The monoisotopic (exact) mass is 911 g/mol. The first-order valence-electron chi connectivity index (χ1n) is 16.2. The molecular weight excluding hydrogens is 878 g/mol. The van der Waals surface area contributed by atoms with E-state index in [2.05, 4.69) is 25.1 Å². The van der Waals surface area contributed by atoms with Gasteiger partial charge in [0.2, 0.25) is 10.0 Å². The van der Waals surface area contributed by atoms with Gasteiger partial charge in [0, 0.05) is 13.3 Å². The number of amides is 1. The second kappa shape index (κ2) is 19.3. The lowest BCUT2D eigenvalue weighted by Crippen LogP contribution is -2.41. The largest absolute Gasteiger partial charge is 0.494 e. The van der Waals surface area contributed by atoms with Crippen LogP contribution in [0.4, 0.5) is 14.5 Å². The number of carboxylic acid groups (broad SMARTS) is 2. The summed E-state index contributed by atoms with van der Waals surface area (Å²) in [6, 6.07) is 6.68. The standard InChI is InChI=1S/C15H19N3O4.C11H10Cl2F2N4O3S.C8H6Cl2O3/c1-8(2)15(3)14(21)17-12(18-15)11-10(13(19)20)5-9(6-16-11)7-22-4;1-5-16-19(11(20)18(5)10(14)15)9-4-8(17-23(2,21)22)6(12)3-7(9)13;1-13-7-5(10)3-2-4(9)6(7)8(11)12/h5-6,8H,7H2,1-4H3,(H,19,20)(H,17,18,21);3-4,10,17H,1-2H3;2-3H,1H3,(H,11,12). The van der Waals surface area contributed by atoms with E-state index in [9.17, 15) is 41.5 Å². The molecule has 0 saturated heterocycles. The van der Waals surface area contributed by atoms with Crippen LogP contribution in [0.5, 0.6) is 5.75 Å². The molecule has 5 rings (SSSR count). The zero-order valence-electron chi connectivity index (χ0n) is 31.4. The highest BCUT2D eigenvalue weighted by Crippen LogP contribution is 2.34. The van der Waals surface area contributed by atoms with E-state index in [-0.39, 0.29) is 88.7 Å². The minimum atomic E-state index is -3.65. The van der Waals surface area contributed by atoms with Crippen molar-refractivity contribution in [2.75, 3.05) is 25.2 Å². The molecule has 3 heterocycles. The number of carbonyl (C=O) groups is 3. The Balaban J connectivity index is 0.000000242. The highest BCUT2D eigenvalue weighted by atomic mass is 35.5. The first kappa shape index (κ1) is 47.5. The molecule has 2 aromatic heterocycles. The van der Waals surface area contributed by atoms with E-state index in [4.69, 9.17) is 61.0 Å². The summed E-state index contributed by atoms with van der Waals surface area (Å²) in [5.41, 5.74) is -1.52. The van der Waals surface area contributed by atoms with E-state index in [1.54, 1.807) is 6.92 Å². The van der Waals surface area contributed by atoms with Crippen molar-refractivity contribution in [1.29, 1.82) is 0 Å². The predicted molar refractivity (Wildman–Crippen MR) is 212 cm³/mol. The molecule has 314 valence electrons. The van der Waals surface area contributed by atoms with Crippen molar-refractivity contribution in [3.05, 3.63) is 95.3 Å². The number of halogens is 6. The number of nitrogens with zero attached hydrogens (tertiary/aromatic N) is 5. The molecule has 0 radical (unpaired) electrons. The summed E-state index contributed by atoms with van der Waals surface area (Å²) in [5.74, 6) is -2.51. The van der Waals surface area contributed by atoms with Crippen LogP contribution in [0.25, 0.3) is 5.69 Å². The highest BCUT2D eigenvalue weighted by molar-refractivity contribution is 7.92. The predicted octanol–water partition coefficient (Wildman–Crippen LogP) is 6.33. The number of aromatic carboxylic acids is 2. The Hall–Kier alpha value is -4.86. The van der Waals surface area contributed by atoms with Crippen molar-refractivity contribution < 1.29 is 51.3 Å². The third-order valence-electron chi connectivity index (χ3n) is 8.08. The second-order valence-electron chi connectivity index (χ2n) is 12.5. The number of ether oxygens (including phenoxy) is 2. The van der Waals surface area contributed by atoms with Gasteiger partial charge in [-0.05, 0) is 55.7 Å². The van der Waals surface area contributed by atoms with Crippen LogP contribution in [0.2, 0.25) is 20.1 Å². The molecule has 4 aromatic rings. The lowest BCUT2D eigenvalue weighted by molar-refractivity contribution is -0.124. The fourth-order valence-corrected chi connectivity index (χ4v) is 6.52. The molecule has 1 aliphatic heterocycles. The number of amidine groups is 1. The van der Waals surface area contributed by atoms with Gasteiger partial charge in [-0.1, -0.05) is 60.3 Å². The molecular formula is C34H35Cl4F2N7O10S. The fourth-order valence-electron chi connectivity index (χ4n) is 4.92. The molecule has 0 aliphatic carbocycles. The zero-order chi connectivity index (χ0) is 44.0. The van der Waals surface area contributed by atoms with Crippen molar-refractivity contribution in [1.82, 2.24) is 24.6 Å². The Morgan fingerprint density at radius 1 is 1.00 bits per heavy atom. The first-order valence-corrected chi connectivity index (χ1v) is 19.6. The maximum Gasteiger partial charge on any atom is 0.355 e. The number of sulfonamides is 1. The number of carbonyl (C=O) groups excluding carboxylic acids is 1. The fraction of sp³-hybridized carbons (Fsp3) is 0.324. The van der Waals surface area contributed by atoms with E-state index in [1.807, 2.05) is 13.8 Å². The molecule has 4 N–H and O–H groups in total. The molecule has 0 fully saturated rings. The Labute approximate surface area is 349 Å². The van der Waals surface area contributed by atoms with Crippen LogP contribution in [-0.2, 0) is 26.2 Å². The van der Waals surface area contributed by atoms with Crippen LogP contribution in [0.15, 0.2) is 46.3 Å². The second-order valence-corrected chi connectivity index (χ2v) is 15.9. The summed E-state index contributed by atoms with van der Waals surface area (Å²) in [5, 5.41) is 24.8. The van der Waals surface area contributed by atoms with Crippen molar-refractivity contribution in [2.24, 2.45) is 10.9 Å². The Morgan fingerprint density at radius 2 is 1.62 bits per heavy atom. The van der Waals surface area contributed by atoms with E-state index < -0.39 is 39.7 Å². The van der Waals surface area contributed by atoms with E-state index >= 15 is 0 Å². The average molecular weight is 914 g/mol. The average Bonchev–Trinajstić information content (AvgIpc) is 3.60. The number of anilines is 1. The summed E-state index contributed by atoms with van der Waals surface area (Å²) in [6.07, 6.45) is 2.42. The molecule has 1 aliphatic rings. The van der Waals surface area contributed by atoms with Crippen molar-refractivity contribution in [2.45, 2.75) is 46.4 Å². The number of hydrogen-bond acceptors (Lipinski definition) is 11. The van der Waals surface area contributed by atoms with Gasteiger partial charge in [-0.2, -0.15) is 13.5 Å². The lowest BCUT2D eigenvalue weighted by atomic mass is 9.89. The quantitative estimate of drug-likeness (QED) is 0.129. The first-order chi connectivity index (χ1) is 26.9. The van der Waals surface area contributed by atoms with Crippen LogP contribution < -0.4 is 20.5 Å². The van der Waals surface area contributed by atoms with Crippen LogP contribution in [0.1, 0.15) is 65.1 Å². The molecule has 24 heteroatoms. The van der Waals surface area contributed by atoms with Gasteiger partial charge in [-0.25, -0.2) is 32.4 Å². The van der Waals surface area contributed by atoms with Gasteiger partial charge in [0.25, 0.3) is 5.91 Å². The van der Waals surface area contributed by atoms with Crippen molar-refractivity contribution in [3.8, 4) is 11.4 Å². The number of alkyl halides is 2. The number of nitrogens with one attached hydrogen (secondary N) is 2. The number of hydrogen-bond donors (Lipinski definition) is 4. The maximum atomic E-state index is 12.8. The number of rotatable bonds is 11. The SMILES string of the molecule is COCc1cnc(C2=NC(C)(C(C)C)C(=O)N2)c(C(=O)O)c1.COc1c(Cl)ccc(Cl)c1C(=O)O.Cc1nn(-c2cc(NS(C)(=O)=O)c(Cl)cc2Cl)c(=O)n1C(F)F. The zero-order valence-corrected chi connectivity index (χ0v) is 35.2. The summed E-state index contributed by atoms with van der Waals surface area (Å²) in [4.78, 5) is 54.9. The van der Waals surface area contributed by atoms with E-state index in [0.29, 0.717) is 10.2 Å². The van der Waals surface area contributed by atoms with E-state index in [0.717, 1.165) is 12.3 Å². The lowest BCUT2D eigenvalue weighted by Gasteiger charge is -2.21. The van der Waals surface area contributed by atoms with E-state index in [1.165, 1.54) is 51.6 Å². The highest BCUT2D eigenvalue weighted by Gasteiger charge is 2.43. The molecule has 0 spiro atoms. The molecule has 2 aromatic carbocycles. The number of pyridine rings is 1. The van der Waals surface area contributed by atoms with Crippen molar-refractivity contribution in [3.63, 3.8) is 0 Å². The smallest absolute Gasteiger partial charge is 0.355 e. The van der Waals surface area contributed by atoms with Gasteiger partial charge in [0.1, 0.15) is 22.6 Å². The van der Waals surface area contributed by atoms with Crippen molar-refractivity contribution >= 4 is 85.8 Å². The summed E-state index contributed by atoms with van der Waals surface area (Å²) in [6.45, 7) is 3.91. The summed E-state index contributed by atoms with van der Waals surface area (Å²) in [7, 11) is -0.794. The summed E-state index contributed by atoms with van der Waals surface area (Å²) >= 11 is 23.2. The van der Waals surface area contributed by atoms with Gasteiger partial charge < -0.3 is 25.0 Å². The van der Waals surface area contributed by atoms with Crippen LogP contribution in [-0.4, -0.2) is 87.7 Å². The number of aromatic nitrogens is 4. The molecule has 58 heavy (non-hydrogen) atoms. The maximum absolute atomic E-state index is 12.8. The normalized spacial score (nSPS) is 14.9. The van der Waals surface area contributed by atoms with Gasteiger partial charge in [0.15, 0.2) is 11.6 Å². The molecule has 0 bridgehead atoms. The van der Waals surface area contributed by atoms with Gasteiger partial charge in [0.05, 0.1) is 57.0 Å². The third kappa shape index (κ3) is 11.0. The minimum absolute atomic E-state index is 0.0124. The number of aryl methyl sites for hydroxylation is 1. The Morgan fingerprint density at radius 3 is 2.09 bits per heavy atom. The Kier molecular flexibility index (Phi) is 15.8. The molecule has 1 atom stereocenters. The number of aliphatic imine (C=N–C) groups is 1. The molecule has 1 amide bonds. The summed E-state index contributed by atoms with van der Waals surface area (Å²) < 4.78 is 61.1.